The summed E-state index contributed by atoms with van der Waals surface area (Å²) in [6.07, 6.45) is 0.464. The van der Waals surface area contributed by atoms with Crippen molar-refractivity contribution in [3.05, 3.63) is 42.5 Å². The molecular weight excluding hydrogens is 462 g/mol. The molecule has 35 heavy (non-hydrogen) atoms. The first kappa shape index (κ1) is 27.1. The van der Waals surface area contributed by atoms with Gasteiger partial charge in [-0.05, 0) is 55.5 Å². The van der Waals surface area contributed by atoms with Crippen molar-refractivity contribution in [1.29, 1.82) is 0 Å². The van der Waals surface area contributed by atoms with E-state index in [2.05, 4.69) is 30.3 Å². The van der Waals surface area contributed by atoms with E-state index in [1.807, 2.05) is 32.9 Å². The molecule has 1 amide bonds. The number of methoxy groups -OCH3 is 1. The Morgan fingerprint density at radius 2 is 1.69 bits per heavy atom. The number of esters is 2. The van der Waals surface area contributed by atoms with Crippen LogP contribution >= 0.6 is 11.8 Å². The van der Waals surface area contributed by atoms with Gasteiger partial charge in [0.05, 0.1) is 19.4 Å². The van der Waals surface area contributed by atoms with E-state index in [1.54, 1.807) is 37.4 Å². The Bertz CT molecular complexity index is 1080. The fourth-order valence-corrected chi connectivity index (χ4v) is 5.67. The van der Waals surface area contributed by atoms with Crippen LogP contribution in [0.3, 0.4) is 0 Å². The SMILES string of the molecule is COC(=O)[C@@H]1C[C@@H](Sc2ccc3ccccc3c2)CN1C(=O)[C@@H](CC(=O)OC(C)(C)C)C(C)(C)C. The van der Waals surface area contributed by atoms with Crippen molar-refractivity contribution in [3.8, 4) is 0 Å². The third-order valence-electron chi connectivity index (χ3n) is 6.18. The minimum Gasteiger partial charge on any atom is -0.467 e. The van der Waals surface area contributed by atoms with Crippen LogP contribution in [0, 0.1) is 11.3 Å². The van der Waals surface area contributed by atoms with Crippen molar-refractivity contribution >= 4 is 40.4 Å². The molecule has 2 aromatic carbocycles. The topological polar surface area (TPSA) is 72.9 Å². The van der Waals surface area contributed by atoms with Crippen LogP contribution in [0.15, 0.2) is 47.4 Å². The van der Waals surface area contributed by atoms with Crippen molar-refractivity contribution in [1.82, 2.24) is 4.90 Å². The zero-order valence-electron chi connectivity index (χ0n) is 21.8. The van der Waals surface area contributed by atoms with Gasteiger partial charge in [-0.3, -0.25) is 9.59 Å². The van der Waals surface area contributed by atoms with Gasteiger partial charge in [-0.15, -0.1) is 11.8 Å². The molecule has 0 bridgehead atoms. The molecule has 2 aromatic rings. The van der Waals surface area contributed by atoms with E-state index in [1.165, 1.54) is 12.5 Å². The van der Waals surface area contributed by atoms with Crippen LogP contribution in [0.25, 0.3) is 10.8 Å². The van der Waals surface area contributed by atoms with Gasteiger partial charge in [-0.2, -0.15) is 0 Å². The third-order valence-corrected chi connectivity index (χ3v) is 7.38. The molecule has 1 fully saturated rings. The van der Waals surface area contributed by atoms with Crippen molar-refractivity contribution in [3.63, 3.8) is 0 Å². The summed E-state index contributed by atoms with van der Waals surface area (Å²) in [5.41, 5.74) is -1.12. The minimum atomic E-state index is -0.672. The Hall–Kier alpha value is -2.54. The zero-order chi connectivity index (χ0) is 26.0. The molecule has 0 saturated carbocycles. The molecule has 0 radical (unpaired) electrons. The second-order valence-corrected chi connectivity index (χ2v) is 12.6. The Morgan fingerprint density at radius 3 is 2.29 bits per heavy atom. The molecule has 0 spiro atoms. The largest absolute Gasteiger partial charge is 0.467 e. The molecule has 0 aromatic heterocycles. The van der Waals surface area contributed by atoms with Crippen molar-refractivity contribution < 1.29 is 23.9 Å². The van der Waals surface area contributed by atoms with E-state index in [-0.39, 0.29) is 17.6 Å². The number of ether oxygens (including phenoxy) is 2. The first-order valence-electron chi connectivity index (χ1n) is 12.0. The highest BCUT2D eigenvalue weighted by Gasteiger charge is 2.46. The van der Waals surface area contributed by atoms with Crippen molar-refractivity contribution in [2.45, 2.75) is 76.2 Å². The number of hydrogen-bond acceptors (Lipinski definition) is 6. The molecule has 3 rings (SSSR count). The molecule has 7 heteroatoms. The predicted octanol–water partition coefficient (Wildman–Crippen LogP) is 5.47. The maximum Gasteiger partial charge on any atom is 0.328 e. The number of likely N-dealkylation sites (tertiary alicyclic amines) is 1. The standard InChI is InChI=1S/C28H37NO5S/c1-27(2,3)22(16-24(30)34-28(4,5)6)25(31)29-17-21(15-23(29)26(32)33-7)35-20-13-12-18-10-8-9-11-19(18)14-20/h8-14,21-23H,15-17H2,1-7H3/t21-,22-,23+/m1/s1. The van der Waals surface area contributed by atoms with E-state index in [9.17, 15) is 14.4 Å². The Balaban J connectivity index is 1.81. The number of thioether (sulfide) groups is 1. The minimum absolute atomic E-state index is 0.0337. The third kappa shape index (κ3) is 7.00. The molecule has 1 aliphatic rings. The molecule has 1 saturated heterocycles. The van der Waals surface area contributed by atoms with Crippen LogP contribution < -0.4 is 0 Å². The lowest BCUT2D eigenvalue weighted by Gasteiger charge is -2.34. The van der Waals surface area contributed by atoms with Gasteiger partial charge >= 0.3 is 11.9 Å². The number of amides is 1. The number of carbonyl (C=O) groups is 3. The molecular formula is C28H37NO5S. The maximum atomic E-state index is 13.8. The summed E-state index contributed by atoms with van der Waals surface area (Å²) in [6.45, 7) is 11.6. The Kier molecular flexibility index (Phi) is 8.20. The van der Waals surface area contributed by atoms with Gasteiger partial charge < -0.3 is 14.4 Å². The average molecular weight is 500 g/mol. The highest BCUT2D eigenvalue weighted by Crippen LogP contribution is 2.38. The first-order valence-corrected chi connectivity index (χ1v) is 12.9. The number of nitrogens with zero attached hydrogens (tertiary/aromatic N) is 1. The fraction of sp³-hybridized carbons (Fsp3) is 0.536. The second kappa shape index (κ2) is 10.6. The van der Waals surface area contributed by atoms with E-state index in [4.69, 9.17) is 9.47 Å². The van der Waals surface area contributed by atoms with E-state index < -0.39 is 34.9 Å². The summed E-state index contributed by atoms with van der Waals surface area (Å²) in [6, 6.07) is 13.8. The summed E-state index contributed by atoms with van der Waals surface area (Å²) < 4.78 is 10.6. The van der Waals surface area contributed by atoms with E-state index in [0.29, 0.717) is 13.0 Å². The van der Waals surface area contributed by atoms with E-state index >= 15 is 0 Å². The van der Waals surface area contributed by atoms with E-state index in [0.717, 1.165) is 10.3 Å². The quantitative estimate of drug-likeness (QED) is 0.491. The molecule has 1 aliphatic heterocycles. The van der Waals surface area contributed by atoms with Crippen molar-refractivity contribution in [2.24, 2.45) is 11.3 Å². The smallest absolute Gasteiger partial charge is 0.328 e. The van der Waals surface area contributed by atoms with Gasteiger partial charge in [0.1, 0.15) is 11.6 Å². The van der Waals surface area contributed by atoms with Gasteiger partial charge in [-0.1, -0.05) is 51.1 Å². The van der Waals surface area contributed by atoms with Gasteiger partial charge in [0, 0.05) is 16.7 Å². The summed E-state index contributed by atoms with van der Waals surface area (Å²) in [4.78, 5) is 41.8. The molecule has 6 nitrogen and oxygen atoms in total. The van der Waals surface area contributed by atoms with Gasteiger partial charge in [-0.25, -0.2) is 4.79 Å². The zero-order valence-corrected chi connectivity index (χ0v) is 22.6. The van der Waals surface area contributed by atoms with Crippen LogP contribution in [0.1, 0.15) is 54.4 Å². The lowest BCUT2D eigenvalue weighted by molar-refractivity contribution is -0.162. The number of benzene rings is 2. The Labute approximate surface area is 212 Å². The number of fused-ring (bicyclic) bond motifs is 1. The average Bonchev–Trinajstić information content (AvgIpc) is 3.18. The number of hydrogen-bond donors (Lipinski definition) is 0. The second-order valence-electron chi connectivity index (χ2n) is 11.2. The summed E-state index contributed by atoms with van der Waals surface area (Å²) in [5, 5.41) is 2.35. The maximum absolute atomic E-state index is 13.8. The van der Waals surface area contributed by atoms with Gasteiger partial charge in [0.2, 0.25) is 5.91 Å². The lowest BCUT2D eigenvalue weighted by atomic mass is 9.77. The van der Waals surface area contributed by atoms with Crippen LogP contribution in [-0.4, -0.2) is 53.3 Å². The molecule has 0 aliphatic carbocycles. The summed E-state index contributed by atoms with van der Waals surface area (Å²) >= 11 is 1.67. The number of rotatable bonds is 6. The van der Waals surface area contributed by atoms with Crippen LogP contribution in [0.2, 0.25) is 0 Å². The molecule has 190 valence electrons. The monoisotopic (exact) mass is 499 g/mol. The van der Waals surface area contributed by atoms with Crippen LogP contribution in [0.5, 0.6) is 0 Å². The summed E-state index contributed by atoms with van der Waals surface area (Å²) in [7, 11) is 1.34. The van der Waals surface area contributed by atoms with Gasteiger partial charge in [0.15, 0.2) is 0 Å². The molecule has 0 N–H and O–H groups in total. The molecule has 1 heterocycles. The molecule has 0 unspecified atom stereocenters. The highest BCUT2D eigenvalue weighted by molar-refractivity contribution is 8.00. The lowest BCUT2D eigenvalue weighted by Crippen LogP contribution is -2.47. The van der Waals surface area contributed by atoms with Gasteiger partial charge in [0.25, 0.3) is 0 Å². The molecule has 3 atom stereocenters. The summed E-state index contributed by atoms with van der Waals surface area (Å²) in [5.74, 6) is -1.67. The normalized spacial score (nSPS) is 19.5. The van der Waals surface area contributed by atoms with Crippen LogP contribution in [-0.2, 0) is 23.9 Å². The fourth-order valence-electron chi connectivity index (χ4n) is 4.43. The Morgan fingerprint density at radius 1 is 1.03 bits per heavy atom. The highest BCUT2D eigenvalue weighted by atomic mass is 32.2. The number of carbonyl (C=O) groups excluding carboxylic acids is 3. The van der Waals surface area contributed by atoms with Crippen molar-refractivity contribution in [2.75, 3.05) is 13.7 Å². The first-order chi connectivity index (χ1) is 16.3. The van der Waals surface area contributed by atoms with Crippen LogP contribution in [0.4, 0.5) is 0 Å². The predicted molar refractivity (Wildman–Crippen MR) is 139 cm³/mol.